The molecule has 1 unspecified atom stereocenters. The van der Waals surface area contributed by atoms with Crippen LogP contribution in [-0.2, 0) is 30.7 Å². The highest BCUT2D eigenvalue weighted by Crippen LogP contribution is 2.38. The Morgan fingerprint density at radius 3 is 2.40 bits per heavy atom. The van der Waals surface area contributed by atoms with Crippen LogP contribution >= 0.6 is 11.6 Å². The Morgan fingerprint density at radius 2 is 1.68 bits per heavy atom. The summed E-state index contributed by atoms with van der Waals surface area (Å²) < 4.78 is 7.64. The fourth-order valence-electron chi connectivity index (χ4n) is 8.27. The van der Waals surface area contributed by atoms with Gasteiger partial charge in [0.2, 0.25) is 5.91 Å². The molecule has 7 rings (SSSR count). The van der Waals surface area contributed by atoms with E-state index in [4.69, 9.17) is 32.2 Å². The molecule has 5 aromatic rings. The van der Waals surface area contributed by atoms with Gasteiger partial charge in [0.25, 0.3) is 5.91 Å². The number of anilines is 1. The first-order valence-corrected chi connectivity index (χ1v) is 20.8. The number of fused-ring (bicyclic) bond motifs is 1. The molecule has 4 N–H and O–H groups in total. The third-order valence-corrected chi connectivity index (χ3v) is 11.7. The number of primary amides is 1. The van der Waals surface area contributed by atoms with Crippen LogP contribution < -0.4 is 16.4 Å². The topological polar surface area (TPSA) is 131 Å². The average molecular weight is 791 g/mol. The normalized spacial score (nSPS) is 16.2. The fraction of sp³-hybridized carbons (Fsp3) is 0.422. The number of nitrogens with zero attached hydrogens (tertiary/aromatic N) is 5. The molecule has 2 aliphatic heterocycles. The number of pyridine rings is 1. The number of ether oxygens (including phenoxy) is 1. The number of amides is 2. The van der Waals surface area contributed by atoms with Gasteiger partial charge in [0.05, 0.1) is 23.3 Å². The number of nitrogens with two attached hydrogens (primary N) is 1. The second-order valence-corrected chi connectivity index (χ2v) is 15.7. The van der Waals surface area contributed by atoms with E-state index in [9.17, 15) is 9.59 Å². The number of nitrogens with one attached hydrogen (secondary N) is 2. The van der Waals surface area contributed by atoms with Crippen molar-refractivity contribution in [2.24, 2.45) is 5.73 Å². The Balaban J connectivity index is 1.29. The quantitative estimate of drug-likeness (QED) is 0.108. The second-order valence-electron chi connectivity index (χ2n) is 15.3. The first-order chi connectivity index (χ1) is 27.6. The predicted octanol–water partition coefficient (Wildman–Crippen LogP) is 7.18. The summed E-state index contributed by atoms with van der Waals surface area (Å²) in [7, 11) is 0. The van der Waals surface area contributed by atoms with E-state index >= 15 is 0 Å². The lowest BCUT2D eigenvalue weighted by molar-refractivity contribution is 0.0904. The summed E-state index contributed by atoms with van der Waals surface area (Å²) in [5, 5.41) is 13.6. The highest BCUT2D eigenvalue weighted by molar-refractivity contribution is 6.33. The highest BCUT2D eigenvalue weighted by atomic mass is 35.5. The van der Waals surface area contributed by atoms with Crippen LogP contribution in [0.2, 0.25) is 5.02 Å². The van der Waals surface area contributed by atoms with Crippen LogP contribution in [0.4, 0.5) is 5.69 Å². The maximum absolute atomic E-state index is 14.4. The van der Waals surface area contributed by atoms with Crippen LogP contribution in [0.3, 0.4) is 0 Å². The molecule has 0 aliphatic carbocycles. The van der Waals surface area contributed by atoms with Gasteiger partial charge >= 0.3 is 0 Å². The van der Waals surface area contributed by atoms with E-state index in [1.54, 1.807) is 18.2 Å². The number of carbonyl (C=O) groups excluding carboxylic acids is 2. The summed E-state index contributed by atoms with van der Waals surface area (Å²) in [5.74, 6) is -0.892. The van der Waals surface area contributed by atoms with Gasteiger partial charge < -0.3 is 26.0 Å². The fourth-order valence-corrected chi connectivity index (χ4v) is 8.49. The molecular weight excluding hydrogens is 736 g/mol. The van der Waals surface area contributed by atoms with Crippen LogP contribution in [-0.4, -0.2) is 88.4 Å². The zero-order valence-electron chi connectivity index (χ0n) is 33.6. The second kappa shape index (κ2) is 18.2. The molecule has 11 nitrogen and oxygen atoms in total. The van der Waals surface area contributed by atoms with E-state index in [0.29, 0.717) is 43.2 Å². The lowest BCUT2D eigenvalue weighted by Crippen LogP contribution is -2.45. The monoisotopic (exact) mass is 790 g/mol. The molecule has 2 fully saturated rings. The number of aromatic nitrogens is 3. The molecule has 4 heterocycles. The maximum Gasteiger partial charge on any atom is 0.251 e. The van der Waals surface area contributed by atoms with Gasteiger partial charge in [0.15, 0.2) is 5.65 Å². The summed E-state index contributed by atoms with van der Waals surface area (Å²) in [4.78, 5) is 36.8. The molecule has 0 bridgehead atoms. The molecule has 1 atom stereocenters. The Bertz CT molecular complexity index is 2220. The van der Waals surface area contributed by atoms with Crippen molar-refractivity contribution in [3.05, 3.63) is 111 Å². The van der Waals surface area contributed by atoms with Crippen molar-refractivity contribution < 1.29 is 14.3 Å². The number of aryl methyl sites for hydroxylation is 3. The van der Waals surface area contributed by atoms with E-state index in [-0.39, 0.29) is 17.5 Å². The van der Waals surface area contributed by atoms with Gasteiger partial charge in [-0.2, -0.15) is 5.10 Å². The summed E-state index contributed by atoms with van der Waals surface area (Å²) in [6.45, 7) is 16.5. The largest absolute Gasteiger partial charge is 0.381 e. The van der Waals surface area contributed by atoms with E-state index in [1.165, 1.54) is 5.56 Å². The molecule has 300 valence electrons. The number of rotatable bonds is 14. The van der Waals surface area contributed by atoms with Gasteiger partial charge in [-0.1, -0.05) is 49.7 Å². The van der Waals surface area contributed by atoms with Crippen molar-refractivity contribution in [2.45, 2.75) is 78.6 Å². The van der Waals surface area contributed by atoms with Crippen LogP contribution in [0.25, 0.3) is 22.2 Å². The Labute approximate surface area is 340 Å². The number of hydrogen-bond acceptors (Lipinski definition) is 8. The van der Waals surface area contributed by atoms with Crippen molar-refractivity contribution >= 4 is 40.1 Å². The number of likely N-dealkylation sites (N-methyl/N-ethyl adjacent to an activating group) is 1. The van der Waals surface area contributed by atoms with Gasteiger partial charge in [0, 0.05) is 91.5 Å². The molecular formula is C45H55ClN8O3. The number of carbonyl (C=O) groups is 2. The molecule has 2 saturated heterocycles. The minimum atomic E-state index is -0.583. The molecule has 0 spiro atoms. The van der Waals surface area contributed by atoms with E-state index in [0.717, 1.165) is 102 Å². The number of hydrogen-bond donors (Lipinski definition) is 3. The number of piperazine rings is 1. The summed E-state index contributed by atoms with van der Waals surface area (Å²) in [5.41, 5.74) is 14.9. The standard InChI is InChI=1S/C45H55ClN8O3/c1-5-39-41(42(49-35-13-19-57-20-14-35)37-27-48-54(7-3)44(37)50-39)40(51-45(56)34-22-29(4)21-33(26-34)43(47)55)25-30-11-12-38(46)36(24-30)32-10-8-9-31(23-32)28-53-17-15-52(6-2)16-18-53/h8-12,21-24,26-27,35,40H,5-7,13-20,25,28H2,1-4H3,(H2,47,55)(H,49,50)(H,51,56). The molecule has 12 heteroatoms. The zero-order valence-corrected chi connectivity index (χ0v) is 34.4. The summed E-state index contributed by atoms with van der Waals surface area (Å²) >= 11 is 6.98. The summed E-state index contributed by atoms with van der Waals surface area (Å²) in [6.07, 6.45) is 4.69. The number of halogens is 1. The van der Waals surface area contributed by atoms with Crippen LogP contribution in [0.5, 0.6) is 0 Å². The van der Waals surface area contributed by atoms with Crippen LogP contribution in [0, 0.1) is 6.92 Å². The van der Waals surface area contributed by atoms with Crippen molar-refractivity contribution in [1.29, 1.82) is 0 Å². The van der Waals surface area contributed by atoms with Gasteiger partial charge in [-0.05, 0) is 105 Å². The lowest BCUT2D eigenvalue weighted by atomic mass is 9.91. The van der Waals surface area contributed by atoms with E-state index in [2.05, 4.69) is 71.5 Å². The minimum Gasteiger partial charge on any atom is -0.381 e. The van der Waals surface area contributed by atoms with Crippen LogP contribution in [0.1, 0.15) is 88.3 Å². The molecule has 2 aliphatic rings. The SMILES string of the molecule is CCc1nc2c(cnn2CC)c(NC2CCOCC2)c1C(Cc1ccc(Cl)c(-c2cccc(CN3CCN(CC)CC3)c2)c1)NC(=O)c1cc(C)cc(C(N)=O)c1. The molecule has 0 saturated carbocycles. The Morgan fingerprint density at radius 1 is 0.930 bits per heavy atom. The predicted molar refractivity (Wildman–Crippen MR) is 228 cm³/mol. The summed E-state index contributed by atoms with van der Waals surface area (Å²) in [6, 6.07) is 19.5. The average Bonchev–Trinajstić information content (AvgIpc) is 3.64. The van der Waals surface area contributed by atoms with Gasteiger partial charge in [-0.3, -0.25) is 14.5 Å². The first kappa shape index (κ1) is 40.4. The third kappa shape index (κ3) is 9.33. The third-order valence-electron chi connectivity index (χ3n) is 11.4. The van der Waals surface area contributed by atoms with Crippen molar-refractivity contribution in [3.63, 3.8) is 0 Å². The highest BCUT2D eigenvalue weighted by Gasteiger charge is 2.29. The van der Waals surface area contributed by atoms with Gasteiger partial charge in [-0.15, -0.1) is 0 Å². The van der Waals surface area contributed by atoms with Gasteiger partial charge in [0.1, 0.15) is 0 Å². The Hall–Kier alpha value is -4.81. The van der Waals surface area contributed by atoms with Gasteiger partial charge in [-0.25, -0.2) is 9.67 Å². The van der Waals surface area contributed by atoms with Crippen LogP contribution in [0.15, 0.2) is 66.9 Å². The molecule has 3 aromatic carbocycles. The smallest absolute Gasteiger partial charge is 0.251 e. The van der Waals surface area contributed by atoms with Crippen molar-refractivity contribution in [1.82, 2.24) is 29.9 Å². The minimum absolute atomic E-state index is 0.175. The van der Waals surface area contributed by atoms with E-state index in [1.807, 2.05) is 29.9 Å². The first-order valence-electron chi connectivity index (χ1n) is 20.4. The molecule has 2 aromatic heterocycles. The molecule has 2 amide bonds. The maximum atomic E-state index is 14.4. The zero-order chi connectivity index (χ0) is 40.1. The molecule has 0 radical (unpaired) electrons. The van der Waals surface area contributed by atoms with Crippen molar-refractivity contribution in [3.8, 4) is 11.1 Å². The lowest BCUT2D eigenvalue weighted by Gasteiger charge is -2.34. The molecule has 57 heavy (non-hydrogen) atoms. The number of benzene rings is 3. The Kier molecular flexibility index (Phi) is 12.9. The van der Waals surface area contributed by atoms with E-state index < -0.39 is 11.9 Å². The van der Waals surface area contributed by atoms with Crippen molar-refractivity contribution in [2.75, 3.05) is 51.3 Å².